The summed E-state index contributed by atoms with van der Waals surface area (Å²) in [5.41, 5.74) is 4.18. The highest BCUT2D eigenvalue weighted by Crippen LogP contribution is 2.22. The molecule has 0 fully saturated rings. The predicted molar refractivity (Wildman–Crippen MR) is 79.2 cm³/mol. The number of carboxylic acid groups (broad SMARTS) is 1. The number of aromatic nitrogens is 3. The number of hydrogen-bond acceptors (Lipinski definition) is 3. The Morgan fingerprint density at radius 1 is 1.27 bits per heavy atom. The zero-order valence-electron chi connectivity index (χ0n) is 12.2. The van der Waals surface area contributed by atoms with Gasteiger partial charge >= 0.3 is 5.97 Å². The van der Waals surface area contributed by atoms with Crippen molar-refractivity contribution in [2.45, 2.75) is 20.3 Å². The summed E-state index contributed by atoms with van der Waals surface area (Å²) in [7, 11) is 0. The third-order valence-corrected chi connectivity index (χ3v) is 3.63. The number of halogens is 1. The van der Waals surface area contributed by atoms with Gasteiger partial charge in [0.05, 0.1) is 12.1 Å². The molecule has 0 aliphatic rings. The van der Waals surface area contributed by atoms with E-state index >= 15 is 0 Å². The first-order valence-corrected chi connectivity index (χ1v) is 6.79. The van der Waals surface area contributed by atoms with E-state index in [2.05, 4.69) is 10.1 Å². The summed E-state index contributed by atoms with van der Waals surface area (Å²) in [6.07, 6.45) is -0.0909. The van der Waals surface area contributed by atoms with E-state index in [1.54, 1.807) is 29.6 Å². The van der Waals surface area contributed by atoms with Crippen molar-refractivity contribution in [2.24, 2.45) is 0 Å². The van der Waals surface area contributed by atoms with E-state index in [1.807, 2.05) is 6.92 Å². The lowest BCUT2D eigenvalue weighted by Gasteiger charge is -2.08. The Hall–Kier alpha value is -2.76. The highest BCUT2D eigenvalue weighted by Gasteiger charge is 2.15. The van der Waals surface area contributed by atoms with Crippen LogP contribution in [0.1, 0.15) is 17.0 Å². The van der Waals surface area contributed by atoms with Crippen LogP contribution in [0.4, 0.5) is 4.39 Å². The van der Waals surface area contributed by atoms with Crippen molar-refractivity contribution < 1.29 is 14.3 Å². The molecule has 1 aromatic carbocycles. The third-order valence-electron chi connectivity index (χ3n) is 3.63. The van der Waals surface area contributed by atoms with E-state index < -0.39 is 5.97 Å². The lowest BCUT2D eigenvalue weighted by molar-refractivity contribution is -0.136. The smallest absolute Gasteiger partial charge is 0.307 e. The van der Waals surface area contributed by atoms with Crippen molar-refractivity contribution >= 4 is 11.6 Å². The molecular weight excluding hydrogens is 285 g/mol. The lowest BCUT2D eigenvalue weighted by atomic mass is 10.1. The quantitative estimate of drug-likeness (QED) is 0.807. The molecule has 0 atom stereocenters. The number of aryl methyl sites for hydroxylation is 2. The Morgan fingerprint density at radius 2 is 1.95 bits per heavy atom. The van der Waals surface area contributed by atoms with Gasteiger partial charge in [-0.25, -0.2) is 13.9 Å². The van der Waals surface area contributed by atoms with Crippen LogP contribution in [0.2, 0.25) is 0 Å². The number of hydrogen-bond donors (Lipinski definition) is 1. The van der Waals surface area contributed by atoms with Crippen LogP contribution in [0.15, 0.2) is 30.3 Å². The summed E-state index contributed by atoms with van der Waals surface area (Å²) in [5, 5.41) is 13.5. The topological polar surface area (TPSA) is 67.5 Å². The number of carbonyl (C=O) groups is 1. The lowest BCUT2D eigenvalue weighted by Crippen LogP contribution is -2.10. The van der Waals surface area contributed by atoms with E-state index in [4.69, 9.17) is 5.11 Å². The Bertz CT molecular complexity index is 869. The van der Waals surface area contributed by atoms with Crippen LogP contribution in [0.5, 0.6) is 0 Å². The molecule has 0 unspecified atom stereocenters. The number of carboxylic acids is 1. The van der Waals surface area contributed by atoms with Crippen LogP contribution in [0.25, 0.3) is 16.9 Å². The monoisotopic (exact) mass is 299 g/mol. The van der Waals surface area contributed by atoms with Gasteiger partial charge in [0, 0.05) is 28.6 Å². The molecule has 5 nitrogen and oxygen atoms in total. The molecule has 0 bridgehead atoms. The van der Waals surface area contributed by atoms with Gasteiger partial charge in [0.25, 0.3) is 0 Å². The van der Waals surface area contributed by atoms with Crippen molar-refractivity contribution in [3.63, 3.8) is 0 Å². The SMILES string of the molecule is Cc1nc2cc(-c3ccc(F)cc3)nn2c(C)c1CC(=O)O. The summed E-state index contributed by atoms with van der Waals surface area (Å²) in [6.45, 7) is 3.61. The first-order chi connectivity index (χ1) is 10.5. The van der Waals surface area contributed by atoms with Crippen LogP contribution in [0.3, 0.4) is 0 Å². The van der Waals surface area contributed by atoms with Gasteiger partial charge in [0.2, 0.25) is 0 Å². The van der Waals surface area contributed by atoms with E-state index in [-0.39, 0.29) is 12.2 Å². The van der Waals surface area contributed by atoms with Gasteiger partial charge in [-0.05, 0) is 38.1 Å². The Kier molecular flexibility index (Phi) is 3.36. The molecule has 0 saturated heterocycles. The van der Waals surface area contributed by atoms with Gasteiger partial charge in [0.15, 0.2) is 5.65 Å². The number of fused-ring (bicyclic) bond motifs is 1. The first kappa shape index (κ1) is 14.2. The minimum atomic E-state index is -0.904. The molecule has 3 rings (SSSR count). The zero-order chi connectivity index (χ0) is 15.9. The van der Waals surface area contributed by atoms with Crippen LogP contribution in [0, 0.1) is 19.7 Å². The van der Waals surface area contributed by atoms with Gasteiger partial charge in [-0.2, -0.15) is 5.10 Å². The van der Waals surface area contributed by atoms with Crippen LogP contribution >= 0.6 is 0 Å². The van der Waals surface area contributed by atoms with Crippen LogP contribution < -0.4 is 0 Å². The molecule has 22 heavy (non-hydrogen) atoms. The minimum absolute atomic E-state index is 0.0909. The van der Waals surface area contributed by atoms with Crippen LogP contribution in [-0.4, -0.2) is 25.7 Å². The van der Waals surface area contributed by atoms with Gasteiger partial charge in [-0.1, -0.05) is 0 Å². The second-order valence-corrected chi connectivity index (χ2v) is 5.14. The normalized spacial score (nSPS) is 11.0. The van der Waals surface area contributed by atoms with E-state index in [0.29, 0.717) is 22.6 Å². The van der Waals surface area contributed by atoms with Gasteiger partial charge in [-0.3, -0.25) is 4.79 Å². The third kappa shape index (κ3) is 2.43. The van der Waals surface area contributed by atoms with Gasteiger partial charge in [0.1, 0.15) is 5.82 Å². The van der Waals surface area contributed by atoms with Crippen molar-refractivity contribution in [2.75, 3.05) is 0 Å². The molecule has 6 heteroatoms. The molecule has 1 N–H and O–H groups in total. The highest BCUT2D eigenvalue weighted by atomic mass is 19.1. The summed E-state index contributed by atoms with van der Waals surface area (Å²) < 4.78 is 14.6. The number of benzene rings is 1. The van der Waals surface area contributed by atoms with E-state index in [0.717, 1.165) is 11.3 Å². The maximum atomic E-state index is 13.0. The first-order valence-electron chi connectivity index (χ1n) is 6.79. The molecule has 0 aliphatic carbocycles. The fraction of sp³-hybridized carbons (Fsp3) is 0.188. The van der Waals surface area contributed by atoms with Crippen LogP contribution in [-0.2, 0) is 11.2 Å². The van der Waals surface area contributed by atoms with Crippen molar-refractivity contribution in [1.82, 2.24) is 14.6 Å². The second kappa shape index (κ2) is 5.22. The average molecular weight is 299 g/mol. The number of nitrogens with zero attached hydrogens (tertiary/aromatic N) is 3. The molecular formula is C16H14FN3O2. The molecule has 112 valence electrons. The summed E-state index contributed by atoms with van der Waals surface area (Å²) >= 11 is 0. The average Bonchev–Trinajstić information content (AvgIpc) is 2.88. The molecule has 2 aromatic heterocycles. The maximum absolute atomic E-state index is 13.0. The highest BCUT2D eigenvalue weighted by molar-refractivity contribution is 5.71. The van der Waals surface area contributed by atoms with E-state index in [1.165, 1.54) is 12.1 Å². The van der Waals surface area contributed by atoms with Gasteiger partial charge in [-0.15, -0.1) is 0 Å². The van der Waals surface area contributed by atoms with Crippen molar-refractivity contribution in [3.8, 4) is 11.3 Å². The molecule has 0 radical (unpaired) electrons. The summed E-state index contributed by atoms with van der Waals surface area (Å²) in [6, 6.07) is 7.86. The zero-order valence-corrected chi connectivity index (χ0v) is 12.2. The molecule has 2 heterocycles. The van der Waals surface area contributed by atoms with E-state index in [9.17, 15) is 9.18 Å². The number of rotatable bonds is 3. The maximum Gasteiger partial charge on any atom is 0.307 e. The molecule has 0 spiro atoms. The standard InChI is InChI=1S/C16H14FN3O2/c1-9-13(7-16(21)22)10(2)20-15(18-9)8-14(19-20)11-3-5-12(17)6-4-11/h3-6,8H,7H2,1-2H3,(H,21,22). The fourth-order valence-corrected chi connectivity index (χ4v) is 2.50. The van der Waals surface area contributed by atoms with Crippen molar-refractivity contribution in [3.05, 3.63) is 53.1 Å². The predicted octanol–water partition coefficient (Wildman–Crippen LogP) is 2.78. The summed E-state index contributed by atoms with van der Waals surface area (Å²) in [4.78, 5) is 15.4. The Labute approximate surface area is 126 Å². The Morgan fingerprint density at radius 3 is 2.59 bits per heavy atom. The Balaban J connectivity index is 2.15. The fourth-order valence-electron chi connectivity index (χ4n) is 2.50. The molecule has 0 saturated carbocycles. The second-order valence-electron chi connectivity index (χ2n) is 5.14. The summed E-state index contributed by atoms with van der Waals surface area (Å²) in [5.74, 6) is -1.21. The molecule has 0 amide bonds. The molecule has 0 aliphatic heterocycles. The number of aliphatic carboxylic acids is 1. The molecule has 3 aromatic rings. The minimum Gasteiger partial charge on any atom is -0.481 e. The van der Waals surface area contributed by atoms with Crippen molar-refractivity contribution in [1.29, 1.82) is 0 Å². The largest absolute Gasteiger partial charge is 0.481 e. The van der Waals surface area contributed by atoms with Gasteiger partial charge < -0.3 is 5.11 Å².